The topological polar surface area (TPSA) is 67.5 Å². The van der Waals surface area contributed by atoms with Gasteiger partial charge < -0.3 is 14.9 Å². The fourth-order valence-electron chi connectivity index (χ4n) is 1.65. The first-order valence-corrected chi connectivity index (χ1v) is 6.07. The lowest BCUT2D eigenvalue weighted by molar-refractivity contribution is 0.106. The number of aromatic nitrogens is 2. The molecule has 0 atom stereocenters. The third-order valence-corrected chi connectivity index (χ3v) is 2.80. The molecule has 0 aliphatic rings. The van der Waals surface area contributed by atoms with Crippen LogP contribution in [0, 0.1) is 12.0 Å². The molecule has 5 nitrogen and oxygen atoms in total. The summed E-state index contributed by atoms with van der Waals surface area (Å²) in [4.78, 5) is 0. The van der Waals surface area contributed by atoms with Gasteiger partial charge in [-0.05, 0) is 29.8 Å². The second-order valence-corrected chi connectivity index (χ2v) is 4.40. The second-order valence-electron chi connectivity index (χ2n) is 4.40. The molecule has 1 aromatic heterocycles. The number of hydrogen-bond donors (Lipinski definition) is 2. The maximum absolute atomic E-state index is 8.98. The summed E-state index contributed by atoms with van der Waals surface area (Å²) < 4.78 is 7.27. The van der Waals surface area contributed by atoms with Gasteiger partial charge in [-0.3, -0.25) is 4.68 Å². The number of hydrogen-bond acceptors (Lipinski definition) is 4. The Morgan fingerprint density at radius 2 is 2.11 bits per heavy atom. The highest BCUT2D eigenvalue weighted by Gasteiger charge is 2.07. The van der Waals surface area contributed by atoms with Gasteiger partial charge >= 0.3 is 0 Å². The van der Waals surface area contributed by atoms with Gasteiger partial charge in [-0.2, -0.15) is 5.10 Å². The SMILES string of the molecule is Cn1cc(-c2c[c]cc(OCC(CO)CO)c2)cn1. The van der Waals surface area contributed by atoms with Crippen LogP contribution in [0.15, 0.2) is 30.6 Å². The summed E-state index contributed by atoms with van der Waals surface area (Å²) in [5.74, 6) is 0.398. The van der Waals surface area contributed by atoms with Gasteiger partial charge in [0.15, 0.2) is 0 Å². The summed E-state index contributed by atoms with van der Waals surface area (Å²) in [6.07, 6.45) is 3.69. The first-order chi connectivity index (χ1) is 9.22. The number of benzene rings is 1. The van der Waals surface area contributed by atoms with E-state index in [-0.39, 0.29) is 25.7 Å². The Labute approximate surface area is 112 Å². The summed E-state index contributed by atoms with van der Waals surface area (Å²) in [5, 5.41) is 22.1. The summed E-state index contributed by atoms with van der Waals surface area (Å²) in [7, 11) is 1.86. The summed E-state index contributed by atoms with van der Waals surface area (Å²) in [6, 6.07) is 8.49. The van der Waals surface area contributed by atoms with Crippen LogP contribution in [-0.2, 0) is 7.05 Å². The Kier molecular flexibility index (Phi) is 4.54. The van der Waals surface area contributed by atoms with E-state index in [0.29, 0.717) is 5.75 Å². The van der Waals surface area contributed by atoms with E-state index in [1.807, 2.05) is 25.4 Å². The Bertz CT molecular complexity index is 521. The quantitative estimate of drug-likeness (QED) is 0.809. The van der Waals surface area contributed by atoms with E-state index in [1.165, 1.54) is 0 Å². The molecule has 2 aromatic rings. The van der Waals surface area contributed by atoms with Crippen molar-refractivity contribution in [3.8, 4) is 16.9 Å². The minimum Gasteiger partial charge on any atom is -0.493 e. The van der Waals surface area contributed by atoms with Crippen molar-refractivity contribution in [2.24, 2.45) is 13.0 Å². The van der Waals surface area contributed by atoms with E-state index < -0.39 is 0 Å². The Balaban J connectivity index is 2.07. The first kappa shape index (κ1) is 13.6. The van der Waals surface area contributed by atoms with Gasteiger partial charge in [-0.15, -0.1) is 0 Å². The lowest BCUT2D eigenvalue weighted by Gasteiger charge is -2.12. The second kappa shape index (κ2) is 6.36. The molecule has 1 aromatic carbocycles. The molecule has 1 radical (unpaired) electrons. The maximum Gasteiger partial charge on any atom is 0.120 e. The minimum atomic E-state index is -0.262. The molecule has 0 aliphatic carbocycles. The molecule has 0 unspecified atom stereocenters. The summed E-state index contributed by atoms with van der Waals surface area (Å²) >= 11 is 0. The molecule has 19 heavy (non-hydrogen) atoms. The predicted octanol–water partition coefficient (Wildman–Crippen LogP) is 0.867. The van der Waals surface area contributed by atoms with Crippen molar-refractivity contribution in [1.82, 2.24) is 9.78 Å². The van der Waals surface area contributed by atoms with Crippen LogP contribution in [0.4, 0.5) is 0 Å². The molecular formula is C14H17N2O3. The number of ether oxygens (including phenoxy) is 1. The van der Waals surface area contributed by atoms with Gasteiger partial charge in [-0.25, -0.2) is 0 Å². The van der Waals surface area contributed by atoms with Crippen molar-refractivity contribution in [1.29, 1.82) is 0 Å². The number of aryl methyl sites for hydroxylation is 1. The van der Waals surface area contributed by atoms with Crippen LogP contribution in [0.1, 0.15) is 0 Å². The van der Waals surface area contributed by atoms with Crippen molar-refractivity contribution in [2.75, 3.05) is 19.8 Å². The van der Waals surface area contributed by atoms with Crippen LogP contribution in [0.5, 0.6) is 5.75 Å². The largest absolute Gasteiger partial charge is 0.493 e. The molecule has 0 saturated carbocycles. The molecule has 0 bridgehead atoms. The Morgan fingerprint density at radius 1 is 1.32 bits per heavy atom. The lowest BCUT2D eigenvalue weighted by atomic mass is 10.1. The smallest absolute Gasteiger partial charge is 0.120 e. The third-order valence-electron chi connectivity index (χ3n) is 2.80. The Hall–Kier alpha value is -1.85. The van der Waals surface area contributed by atoms with Gasteiger partial charge in [0.1, 0.15) is 5.75 Å². The zero-order chi connectivity index (χ0) is 13.7. The highest BCUT2D eigenvalue weighted by Crippen LogP contribution is 2.23. The highest BCUT2D eigenvalue weighted by atomic mass is 16.5. The van der Waals surface area contributed by atoms with E-state index >= 15 is 0 Å². The molecule has 0 aliphatic heterocycles. The minimum absolute atomic E-state index is 0.0947. The van der Waals surface area contributed by atoms with Gasteiger partial charge in [0.2, 0.25) is 0 Å². The number of nitrogens with zero attached hydrogens (tertiary/aromatic N) is 2. The Morgan fingerprint density at radius 3 is 2.74 bits per heavy atom. The van der Waals surface area contributed by atoms with Crippen molar-refractivity contribution in [3.05, 3.63) is 36.7 Å². The molecule has 2 rings (SSSR count). The van der Waals surface area contributed by atoms with E-state index in [1.54, 1.807) is 16.9 Å². The van der Waals surface area contributed by atoms with E-state index in [9.17, 15) is 0 Å². The predicted molar refractivity (Wildman–Crippen MR) is 70.6 cm³/mol. The molecule has 0 saturated heterocycles. The monoisotopic (exact) mass is 261 g/mol. The third kappa shape index (κ3) is 3.56. The molecule has 0 fully saturated rings. The zero-order valence-electron chi connectivity index (χ0n) is 10.8. The van der Waals surface area contributed by atoms with Gasteiger partial charge in [0, 0.05) is 24.7 Å². The van der Waals surface area contributed by atoms with Crippen molar-refractivity contribution >= 4 is 0 Å². The van der Waals surface area contributed by atoms with E-state index in [2.05, 4.69) is 11.2 Å². The van der Waals surface area contributed by atoms with Crippen molar-refractivity contribution in [3.63, 3.8) is 0 Å². The molecule has 5 heteroatoms. The van der Waals surface area contributed by atoms with Gasteiger partial charge in [0.25, 0.3) is 0 Å². The average molecular weight is 261 g/mol. The van der Waals surface area contributed by atoms with Crippen LogP contribution >= 0.6 is 0 Å². The normalized spacial score (nSPS) is 10.9. The van der Waals surface area contributed by atoms with Crippen molar-refractivity contribution < 1.29 is 14.9 Å². The average Bonchev–Trinajstić information content (AvgIpc) is 2.87. The summed E-state index contributed by atoms with van der Waals surface area (Å²) in [5.41, 5.74) is 1.96. The lowest BCUT2D eigenvalue weighted by Crippen LogP contribution is -2.19. The van der Waals surface area contributed by atoms with Crippen LogP contribution < -0.4 is 4.74 Å². The number of aliphatic hydroxyl groups excluding tert-OH is 2. The van der Waals surface area contributed by atoms with Crippen molar-refractivity contribution in [2.45, 2.75) is 0 Å². The van der Waals surface area contributed by atoms with Crippen LogP contribution in [-0.4, -0.2) is 39.8 Å². The number of aliphatic hydroxyl groups is 2. The van der Waals surface area contributed by atoms with Crippen LogP contribution in [0.3, 0.4) is 0 Å². The molecule has 101 valence electrons. The molecule has 0 spiro atoms. The first-order valence-electron chi connectivity index (χ1n) is 6.07. The van der Waals surface area contributed by atoms with Crippen LogP contribution in [0.25, 0.3) is 11.1 Å². The maximum atomic E-state index is 8.98. The van der Waals surface area contributed by atoms with Crippen LogP contribution in [0.2, 0.25) is 0 Å². The van der Waals surface area contributed by atoms with Gasteiger partial charge in [0.05, 0.1) is 26.0 Å². The zero-order valence-corrected chi connectivity index (χ0v) is 10.8. The fraction of sp³-hybridized carbons (Fsp3) is 0.357. The summed E-state index contributed by atoms with van der Waals surface area (Å²) in [6.45, 7) is 0.0857. The fourth-order valence-corrected chi connectivity index (χ4v) is 1.65. The molecular weight excluding hydrogens is 244 g/mol. The van der Waals surface area contributed by atoms with Gasteiger partial charge in [-0.1, -0.05) is 0 Å². The molecule has 1 heterocycles. The standard InChI is InChI=1S/C14H17N2O3/c1-16-7-13(6-15-16)12-3-2-4-14(5-12)19-10-11(8-17)9-18/h3-7,11,17-18H,8-10H2,1H3. The molecule has 0 amide bonds. The molecule has 2 N–H and O–H groups in total. The highest BCUT2D eigenvalue weighted by molar-refractivity contribution is 5.63. The van der Waals surface area contributed by atoms with E-state index in [4.69, 9.17) is 14.9 Å². The van der Waals surface area contributed by atoms with E-state index in [0.717, 1.165) is 11.1 Å². The number of rotatable bonds is 6.